The summed E-state index contributed by atoms with van der Waals surface area (Å²) in [6.07, 6.45) is 0.481. The average molecular weight is 581 g/mol. The number of hydrogen-bond acceptors (Lipinski definition) is 6. The highest BCUT2D eigenvalue weighted by Crippen LogP contribution is 2.42. The highest BCUT2D eigenvalue weighted by Gasteiger charge is 2.51. The molecule has 6 rings (SSSR count). The lowest BCUT2D eigenvalue weighted by molar-refractivity contribution is -0.105. The molecule has 3 N–H and O–H groups in total. The van der Waals surface area contributed by atoms with Crippen molar-refractivity contribution in [3.8, 4) is 17.6 Å². The van der Waals surface area contributed by atoms with Crippen LogP contribution in [-0.4, -0.2) is 102 Å². The predicted molar refractivity (Wildman–Crippen MR) is 167 cm³/mol. The number of amides is 2. The van der Waals surface area contributed by atoms with Crippen LogP contribution in [0.4, 0.5) is 10.5 Å². The van der Waals surface area contributed by atoms with Crippen molar-refractivity contribution in [1.82, 2.24) is 14.7 Å². The van der Waals surface area contributed by atoms with E-state index in [2.05, 4.69) is 51.2 Å². The van der Waals surface area contributed by atoms with Crippen LogP contribution in [0.2, 0.25) is 0 Å². The number of nitrogens with one attached hydrogen (secondary N) is 1. The van der Waals surface area contributed by atoms with E-state index in [1.165, 1.54) is 5.56 Å². The maximum atomic E-state index is 13.5. The molecule has 3 aromatic rings. The highest BCUT2D eigenvalue weighted by molar-refractivity contribution is 5.89. The Morgan fingerprint density at radius 3 is 2.19 bits per heavy atom. The third-order valence-corrected chi connectivity index (χ3v) is 8.53. The van der Waals surface area contributed by atoms with E-state index in [1.54, 1.807) is 4.90 Å². The number of benzene rings is 3. The molecule has 1 aliphatic carbocycles. The molecule has 2 saturated heterocycles. The summed E-state index contributed by atoms with van der Waals surface area (Å²) in [5.41, 5.74) is 3.76. The summed E-state index contributed by atoms with van der Waals surface area (Å²) in [4.78, 5) is 19.6. The molecule has 43 heavy (non-hydrogen) atoms. The summed E-state index contributed by atoms with van der Waals surface area (Å²) in [6.45, 7) is 1.64. The van der Waals surface area contributed by atoms with Gasteiger partial charge in [-0.05, 0) is 81.0 Å². The molecule has 3 aromatic carbocycles. The van der Waals surface area contributed by atoms with Crippen molar-refractivity contribution in [1.29, 1.82) is 0 Å². The van der Waals surface area contributed by atoms with Crippen LogP contribution in [0.5, 0.6) is 5.75 Å². The summed E-state index contributed by atoms with van der Waals surface area (Å²) in [6, 6.07) is 25.5. The SMILES string of the molecule is CN(C)C[C@@H]1[C@H](c2ccc(C#Cc3ccccc3)cc2)[C@@H]2CN(C(=O)Nc3ccc(OC4CC4)cc3)C[C@@H](O)[C@@H](O)CN12. The van der Waals surface area contributed by atoms with Crippen molar-refractivity contribution in [3.05, 3.63) is 95.6 Å². The van der Waals surface area contributed by atoms with E-state index in [0.29, 0.717) is 24.9 Å². The third kappa shape index (κ3) is 7.03. The number of carbonyl (C=O) groups excluding carboxylic acids is 1. The molecular formula is C35H40N4O4. The van der Waals surface area contributed by atoms with Crippen molar-refractivity contribution < 1.29 is 19.7 Å². The third-order valence-electron chi connectivity index (χ3n) is 8.53. The van der Waals surface area contributed by atoms with Gasteiger partial charge in [-0.25, -0.2) is 4.79 Å². The first-order chi connectivity index (χ1) is 20.8. The number of hydrogen-bond donors (Lipinski definition) is 3. The Bertz CT molecular complexity index is 1450. The standard InChI is InChI=1S/C35H40N4O4/c1-37(2)20-30-34(26-12-10-25(11-13-26)9-8-24-6-4-3-5-7-24)31-21-38(22-32(40)33(41)23-39(30)31)35(42)36-27-14-16-28(17-15-27)43-29-18-19-29/h3-7,10-17,29-34,40-41H,18-23H2,1-2H3,(H,36,42)/t30-,31+,32-,33+,34+/m1/s1. The van der Waals surface area contributed by atoms with Crippen LogP contribution < -0.4 is 10.1 Å². The maximum Gasteiger partial charge on any atom is 0.321 e. The van der Waals surface area contributed by atoms with Gasteiger partial charge in [0.05, 0.1) is 24.9 Å². The number of fused-ring (bicyclic) bond motifs is 1. The summed E-state index contributed by atoms with van der Waals surface area (Å²) < 4.78 is 5.82. The molecule has 224 valence electrons. The molecule has 0 spiro atoms. The van der Waals surface area contributed by atoms with Gasteiger partial charge in [0.1, 0.15) is 5.75 Å². The number of urea groups is 1. The fourth-order valence-corrected chi connectivity index (χ4v) is 6.14. The largest absolute Gasteiger partial charge is 0.490 e. The van der Waals surface area contributed by atoms with E-state index in [0.717, 1.165) is 36.3 Å². The van der Waals surface area contributed by atoms with Crippen LogP contribution in [0, 0.1) is 11.8 Å². The Hall–Kier alpha value is -3.87. The van der Waals surface area contributed by atoms with Crippen LogP contribution in [-0.2, 0) is 0 Å². The lowest BCUT2D eigenvalue weighted by Crippen LogP contribution is -2.71. The van der Waals surface area contributed by atoms with Crippen molar-refractivity contribution in [2.45, 2.75) is 49.2 Å². The lowest BCUT2D eigenvalue weighted by Gasteiger charge is -2.59. The number of anilines is 1. The minimum absolute atomic E-state index is 0.00609. The molecule has 0 unspecified atom stereocenters. The van der Waals surface area contributed by atoms with Crippen LogP contribution in [0.25, 0.3) is 0 Å². The zero-order valence-electron chi connectivity index (χ0n) is 24.8. The molecule has 2 aliphatic heterocycles. The number of nitrogens with zero attached hydrogens (tertiary/aromatic N) is 3. The van der Waals surface area contributed by atoms with Gasteiger partial charge in [-0.1, -0.05) is 42.2 Å². The van der Waals surface area contributed by atoms with E-state index >= 15 is 0 Å². The fraction of sp³-hybridized carbons (Fsp3) is 0.400. The van der Waals surface area contributed by atoms with Crippen LogP contribution in [0.3, 0.4) is 0 Å². The van der Waals surface area contributed by atoms with Crippen molar-refractivity contribution >= 4 is 11.7 Å². The zero-order valence-corrected chi connectivity index (χ0v) is 24.8. The van der Waals surface area contributed by atoms with E-state index in [-0.39, 0.29) is 30.6 Å². The second-order valence-electron chi connectivity index (χ2n) is 12.2. The number of aliphatic hydroxyl groups excluding tert-OH is 2. The summed E-state index contributed by atoms with van der Waals surface area (Å²) in [5, 5.41) is 24.7. The van der Waals surface area contributed by atoms with Gasteiger partial charge in [-0.2, -0.15) is 0 Å². The van der Waals surface area contributed by atoms with Gasteiger partial charge in [0.2, 0.25) is 0 Å². The zero-order chi connectivity index (χ0) is 29.9. The first-order valence-corrected chi connectivity index (χ1v) is 15.1. The Kier molecular flexibility index (Phi) is 8.68. The molecule has 8 nitrogen and oxygen atoms in total. The molecule has 0 radical (unpaired) electrons. The summed E-state index contributed by atoms with van der Waals surface area (Å²) >= 11 is 0. The van der Waals surface area contributed by atoms with Crippen LogP contribution >= 0.6 is 0 Å². The van der Waals surface area contributed by atoms with Crippen LogP contribution in [0.15, 0.2) is 78.9 Å². The second kappa shape index (κ2) is 12.8. The second-order valence-corrected chi connectivity index (χ2v) is 12.2. The van der Waals surface area contributed by atoms with Gasteiger partial charge in [-0.3, -0.25) is 4.90 Å². The number of likely N-dealkylation sites (N-methyl/N-ethyl adjacent to an activating group) is 1. The molecule has 0 bridgehead atoms. The normalized spacial score (nSPS) is 25.4. The van der Waals surface area contributed by atoms with E-state index in [1.807, 2.05) is 68.7 Å². The quantitative estimate of drug-likeness (QED) is 0.387. The van der Waals surface area contributed by atoms with Crippen LogP contribution in [0.1, 0.15) is 35.4 Å². The fourth-order valence-electron chi connectivity index (χ4n) is 6.14. The van der Waals surface area contributed by atoms with Gasteiger partial charge in [0.25, 0.3) is 0 Å². The molecule has 3 fully saturated rings. The average Bonchev–Trinajstić information content (AvgIpc) is 3.82. The Morgan fingerprint density at radius 2 is 1.53 bits per heavy atom. The number of β-amino-alcohol motifs (C(OH)–C–C–N with tert-alkyl or cyclic N) is 1. The van der Waals surface area contributed by atoms with E-state index in [9.17, 15) is 15.0 Å². The minimum atomic E-state index is -1.04. The van der Waals surface area contributed by atoms with Crippen molar-refractivity contribution in [3.63, 3.8) is 0 Å². The molecule has 5 atom stereocenters. The van der Waals surface area contributed by atoms with Gasteiger partial charge in [0.15, 0.2) is 0 Å². The minimum Gasteiger partial charge on any atom is -0.490 e. The number of ether oxygens (including phenoxy) is 1. The smallest absolute Gasteiger partial charge is 0.321 e. The monoisotopic (exact) mass is 580 g/mol. The Labute approximate surface area is 253 Å². The van der Waals surface area contributed by atoms with Gasteiger partial charge >= 0.3 is 6.03 Å². The Morgan fingerprint density at radius 1 is 0.884 bits per heavy atom. The maximum absolute atomic E-state index is 13.5. The van der Waals surface area contributed by atoms with Gasteiger partial charge < -0.3 is 30.1 Å². The van der Waals surface area contributed by atoms with E-state index < -0.39 is 12.2 Å². The molecule has 2 heterocycles. The number of aliphatic hydroxyl groups is 2. The van der Waals surface area contributed by atoms with Crippen molar-refractivity contribution in [2.75, 3.05) is 45.6 Å². The predicted octanol–water partition coefficient (Wildman–Crippen LogP) is 3.60. The molecular weight excluding hydrogens is 540 g/mol. The van der Waals surface area contributed by atoms with Gasteiger partial charge in [-0.15, -0.1) is 0 Å². The van der Waals surface area contributed by atoms with E-state index in [4.69, 9.17) is 4.74 Å². The first kappa shape index (κ1) is 29.2. The number of rotatable bonds is 6. The summed E-state index contributed by atoms with van der Waals surface area (Å²) in [5.74, 6) is 7.42. The molecule has 0 aromatic heterocycles. The summed E-state index contributed by atoms with van der Waals surface area (Å²) in [7, 11) is 4.09. The molecule has 3 aliphatic rings. The Balaban J connectivity index is 1.20. The highest BCUT2D eigenvalue weighted by atomic mass is 16.5. The van der Waals surface area contributed by atoms with Gasteiger partial charge in [0, 0.05) is 54.5 Å². The molecule has 1 saturated carbocycles. The lowest BCUT2D eigenvalue weighted by atomic mass is 9.73. The molecule has 2 amide bonds. The molecule has 8 heteroatoms. The number of carbonyl (C=O) groups is 1. The van der Waals surface area contributed by atoms with Crippen molar-refractivity contribution in [2.24, 2.45) is 0 Å². The first-order valence-electron chi connectivity index (χ1n) is 15.1. The topological polar surface area (TPSA) is 88.5 Å².